The fourth-order valence-corrected chi connectivity index (χ4v) is 2.95. The lowest BCUT2D eigenvalue weighted by atomic mass is 10.2. The van der Waals surface area contributed by atoms with E-state index in [9.17, 15) is 18.4 Å². The standard InChI is InChI=1S/C19H14F2N4O2/c1-10-2-3-12(21)7-16(10)23-17(26)9-25-19(27)14-8-22-15-5-4-11(20)6-13(15)18(14)24-25/h2-8,24H,9H2,1H3,(H,23,26). The molecular formula is C19H14F2N4O2. The SMILES string of the molecule is Cc1ccc(F)cc1NC(=O)Cn1[nH]c2c(cnc3ccc(F)cc32)c1=O. The first-order valence-electron chi connectivity index (χ1n) is 8.15. The molecule has 2 aromatic carbocycles. The quantitative estimate of drug-likeness (QED) is 0.583. The van der Waals surface area contributed by atoms with Crippen LogP contribution in [0.15, 0.2) is 47.4 Å². The van der Waals surface area contributed by atoms with Crippen LogP contribution in [-0.4, -0.2) is 20.7 Å². The molecule has 0 radical (unpaired) electrons. The topological polar surface area (TPSA) is 79.8 Å². The Morgan fingerprint density at radius 1 is 1.15 bits per heavy atom. The maximum Gasteiger partial charge on any atom is 0.276 e. The molecule has 0 aliphatic carbocycles. The Hall–Kier alpha value is -3.55. The van der Waals surface area contributed by atoms with Crippen molar-refractivity contribution in [2.75, 3.05) is 5.32 Å². The normalized spacial score (nSPS) is 11.2. The van der Waals surface area contributed by atoms with Crippen LogP contribution in [0.4, 0.5) is 14.5 Å². The van der Waals surface area contributed by atoms with E-state index in [1.165, 1.54) is 36.5 Å². The Morgan fingerprint density at radius 3 is 2.70 bits per heavy atom. The number of H-pyrrole nitrogens is 1. The molecule has 4 rings (SSSR count). The van der Waals surface area contributed by atoms with Gasteiger partial charge in [0, 0.05) is 17.3 Å². The summed E-state index contributed by atoms with van der Waals surface area (Å²) in [6.07, 6.45) is 1.39. The largest absolute Gasteiger partial charge is 0.324 e. The Morgan fingerprint density at radius 2 is 1.89 bits per heavy atom. The fourth-order valence-electron chi connectivity index (χ4n) is 2.95. The van der Waals surface area contributed by atoms with Crippen LogP contribution in [0.5, 0.6) is 0 Å². The van der Waals surface area contributed by atoms with Crippen LogP contribution in [0, 0.1) is 18.6 Å². The molecule has 2 heterocycles. The second-order valence-electron chi connectivity index (χ2n) is 6.22. The second kappa shape index (κ2) is 6.31. The molecule has 0 fully saturated rings. The third-order valence-corrected chi connectivity index (χ3v) is 4.33. The van der Waals surface area contributed by atoms with Gasteiger partial charge in [0.2, 0.25) is 5.91 Å². The van der Waals surface area contributed by atoms with Crippen LogP contribution in [0.1, 0.15) is 5.56 Å². The van der Waals surface area contributed by atoms with Crippen molar-refractivity contribution in [1.82, 2.24) is 14.8 Å². The molecule has 0 saturated carbocycles. The molecule has 2 N–H and O–H groups in total. The van der Waals surface area contributed by atoms with Gasteiger partial charge in [0.15, 0.2) is 0 Å². The fraction of sp³-hybridized carbons (Fsp3) is 0.105. The van der Waals surface area contributed by atoms with Crippen LogP contribution in [0.2, 0.25) is 0 Å². The maximum atomic E-state index is 13.6. The Bertz CT molecular complexity index is 1260. The second-order valence-corrected chi connectivity index (χ2v) is 6.22. The van der Waals surface area contributed by atoms with Gasteiger partial charge in [0.1, 0.15) is 18.2 Å². The van der Waals surface area contributed by atoms with E-state index in [-0.39, 0.29) is 11.9 Å². The van der Waals surface area contributed by atoms with Crippen molar-refractivity contribution in [3.05, 3.63) is 70.1 Å². The van der Waals surface area contributed by atoms with Gasteiger partial charge >= 0.3 is 0 Å². The number of carbonyl (C=O) groups excluding carboxylic acids is 1. The van der Waals surface area contributed by atoms with E-state index in [1.807, 2.05) is 0 Å². The summed E-state index contributed by atoms with van der Waals surface area (Å²) in [5.74, 6) is -1.43. The van der Waals surface area contributed by atoms with Crippen LogP contribution in [0.25, 0.3) is 21.8 Å². The minimum atomic E-state index is -0.499. The lowest BCUT2D eigenvalue weighted by Crippen LogP contribution is -2.26. The highest BCUT2D eigenvalue weighted by atomic mass is 19.1. The number of halogens is 2. The van der Waals surface area contributed by atoms with E-state index < -0.39 is 23.1 Å². The van der Waals surface area contributed by atoms with Crippen molar-refractivity contribution in [3.8, 4) is 0 Å². The van der Waals surface area contributed by atoms with Gasteiger partial charge in [0.05, 0.1) is 16.4 Å². The summed E-state index contributed by atoms with van der Waals surface area (Å²) in [7, 11) is 0. The van der Waals surface area contributed by atoms with E-state index >= 15 is 0 Å². The van der Waals surface area contributed by atoms with Crippen molar-refractivity contribution < 1.29 is 13.6 Å². The number of aromatic amines is 1. The minimum Gasteiger partial charge on any atom is -0.324 e. The number of aryl methyl sites for hydroxylation is 1. The first-order chi connectivity index (χ1) is 12.9. The van der Waals surface area contributed by atoms with E-state index in [0.29, 0.717) is 27.7 Å². The number of nitrogens with one attached hydrogen (secondary N) is 2. The molecule has 4 aromatic rings. The molecule has 27 heavy (non-hydrogen) atoms. The van der Waals surface area contributed by atoms with Gasteiger partial charge in [0.25, 0.3) is 5.56 Å². The molecule has 0 saturated heterocycles. The van der Waals surface area contributed by atoms with E-state index in [1.54, 1.807) is 13.0 Å². The molecule has 0 atom stereocenters. The summed E-state index contributed by atoms with van der Waals surface area (Å²) in [5, 5.41) is 6.12. The van der Waals surface area contributed by atoms with Crippen LogP contribution >= 0.6 is 0 Å². The Kier molecular flexibility index (Phi) is 3.95. The predicted molar refractivity (Wildman–Crippen MR) is 97.6 cm³/mol. The van der Waals surface area contributed by atoms with Crippen molar-refractivity contribution in [3.63, 3.8) is 0 Å². The number of nitrogens with zero attached hydrogens (tertiary/aromatic N) is 2. The van der Waals surface area contributed by atoms with E-state index in [4.69, 9.17) is 0 Å². The zero-order valence-electron chi connectivity index (χ0n) is 14.2. The van der Waals surface area contributed by atoms with Crippen LogP contribution < -0.4 is 10.9 Å². The van der Waals surface area contributed by atoms with Gasteiger partial charge in [-0.05, 0) is 42.8 Å². The smallest absolute Gasteiger partial charge is 0.276 e. The molecule has 0 aliphatic heterocycles. The molecule has 0 unspecified atom stereocenters. The lowest BCUT2D eigenvalue weighted by Gasteiger charge is -2.08. The number of amides is 1. The van der Waals surface area contributed by atoms with Gasteiger partial charge in [-0.3, -0.25) is 19.7 Å². The number of rotatable bonds is 3. The zero-order valence-corrected chi connectivity index (χ0v) is 14.2. The van der Waals surface area contributed by atoms with Gasteiger partial charge in [-0.25, -0.2) is 13.5 Å². The number of aromatic nitrogens is 3. The van der Waals surface area contributed by atoms with Gasteiger partial charge in [-0.15, -0.1) is 0 Å². The molecule has 6 nitrogen and oxygen atoms in total. The van der Waals surface area contributed by atoms with Gasteiger partial charge in [-0.1, -0.05) is 6.07 Å². The molecular weight excluding hydrogens is 354 g/mol. The average molecular weight is 368 g/mol. The highest BCUT2D eigenvalue weighted by Gasteiger charge is 2.14. The Labute approximate surface area is 151 Å². The highest BCUT2D eigenvalue weighted by molar-refractivity contribution is 6.02. The van der Waals surface area contributed by atoms with Crippen molar-refractivity contribution >= 4 is 33.4 Å². The number of anilines is 1. The van der Waals surface area contributed by atoms with Crippen LogP contribution in [0.3, 0.4) is 0 Å². The van der Waals surface area contributed by atoms with Gasteiger partial charge < -0.3 is 5.32 Å². The minimum absolute atomic E-state index is 0.253. The molecule has 1 amide bonds. The summed E-state index contributed by atoms with van der Waals surface area (Å²) in [4.78, 5) is 29.0. The highest BCUT2D eigenvalue weighted by Crippen LogP contribution is 2.21. The Balaban J connectivity index is 1.69. The third-order valence-electron chi connectivity index (χ3n) is 4.33. The maximum absolute atomic E-state index is 13.6. The summed E-state index contributed by atoms with van der Waals surface area (Å²) >= 11 is 0. The van der Waals surface area contributed by atoms with Crippen molar-refractivity contribution in [2.24, 2.45) is 0 Å². The summed E-state index contributed by atoms with van der Waals surface area (Å²) in [6, 6.07) is 8.13. The van der Waals surface area contributed by atoms with Crippen molar-refractivity contribution in [1.29, 1.82) is 0 Å². The van der Waals surface area contributed by atoms with Gasteiger partial charge in [-0.2, -0.15) is 0 Å². The lowest BCUT2D eigenvalue weighted by molar-refractivity contribution is -0.116. The first kappa shape index (κ1) is 16.9. The number of pyridine rings is 1. The molecule has 8 heteroatoms. The number of carbonyl (C=O) groups is 1. The first-order valence-corrected chi connectivity index (χ1v) is 8.15. The molecule has 136 valence electrons. The molecule has 0 bridgehead atoms. The van der Waals surface area contributed by atoms with Crippen LogP contribution in [-0.2, 0) is 11.3 Å². The summed E-state index contributed by atoms with van der Waals surface area (Å²) < 4.78 is 28.0. The molecule has 2 aromatic heterocycles. The summed E-state index contributed by atoms with van der Waals surface area (Å²) in [5.41, 5.74) is 1.50. The average Bonchev–Trinajstić information content (AvgIpc) is 2.94. The van der Waals surface area contributed by atoms with E-state index in [2.05, 4.69) is 15.4 Å². The summed E-state index contributed by atoms with van der Waals surface area (Å²) in [6.45, 7) is 1.43. The van der Waals surface area contributed by atoms with E-state index in [0.717, 1.165) is 4.68 Å². The number of benzene rings is 2. The monoisotopic (exact) mass is 368 g/mol. The zero-order chi connectivity index (χ0) is 19.1. The third kappa shape index (κ3) is 3.05. The number of hydrogen-bond acceptors (Lipinski definition) is 3. The predicted octanol–water partition coefficient (Wildman–Crippen LogP) is 3.10. The number of hydrogen-bond donors (Lipinski definition) is 2. The number of fused-ring (bicyclic) bond motifs is 3. The molecule has 0 aliphatic rings. The van der Waals surface area contributed by atoms with Crippen molar-refractivity contribution in [2.45, 2.75) is 13.5 Å². The molecule has 0 spiro atoms.